The number of benzene rings is 2. The molecule has 12 heteroatoms. The molecule has 8 nitrogen and oxygen atoms in total. The highest BCUT2D eigenvalue weighted by Crippen LogP contribution is 2.36. The van der Waals surface area contributed by atoms with Crippen LogP contribution in [0.25, 0.3) is 0 Å². The predicted molar refractivity (Wildman–Crippen MR) is 117 cm³/mol. The van der Waals surface area contributed by atoms with Crippen LogP contribution in [0.1, 0.15) is 58.3 Å². The number of nitrogens with two attached hydrogens (primary N) is 2. The van der Waals surface area contributed by atoms with E-state index < -0.39 is 32.5 Å². The summed E-state index contributed by atoms with van der Waals surface area (Å²) in [6, 6.07) is 5.32. The first kappa shape index (κ1) is 24.7. The van der Waals surface area contributed by atoms with Gasteiger partial charge in [0.2, 0.25) is 0 Å². The molecule has 0 amide bonds. The average Bonchev–Trinajstić information content (AvgIpc) is 3.25. The Bertz CT molecular complexity index is 1150. The predicted octanol–water partition coefficient (Wildman–Crippen LogP) is 1.83. The van der Waals surface area contributed by atoms with Crippen LogP contribution in [0.2, 0.25) is 0 Å². The van der Waals surface area contributed by atoms with Gasteiger partial charge in [-0.1, -0.05) is 12.1 Å². The quantitative estimate of drug-likeness (QED) is 0.520. The van der Waals surface area contributed by atoms with Gasteiger partial charge in [0.25, 0.3) is 20.4 Å². The lowest BCUT2D eigenvalue weighted by Crippen LogP contribution is -2.33. The fourth-order valence-electron chi connectivity index (χ4n) is 4.49. The molecule has 0 bridgehead atoms. The van der Waals surface area contributed by atoms with Crippen LogP contribution in [0, 0.1) is 25.5 Å². The van der Waals surface area contributed by atoms with Crippen LogP contribution < -0.4 is 19.7 Å². The van der Waals surface area contributed by atoms with Crippen LogP contribution in [0.5, 0.6) is 0 Å². The molecule has 0 saturated carbocycles. The second kappa shape index (κ2) is 9.12. The molecule has 2 aromatic rings. The first-order chi connectivity index (χ1) is 14.8. The minimum absolute atomic E-state index is 0.278. The lowest BCUT2D eigenvalue weighted by molar-refractivity contribution is 0.554. The molecule has 176 valence electrons. The molecule has 0 spiro atoms. The summed E-state index contributed by atoms with van der Waals surface area (Å²) in [6.45, 7) is 3.67. The molecular weight excluding hydrogens is 462 g/mol. The molecule has 2 aliphatic rings. The van der Waals surface area contributed by atoms with Gasteiger partial charge in [0, 0.05) is 12.1 Å². The van der Waals surface area contributed by atoms with Crippen molar-refractivity contribution in [2.24, 2.45) is 10.3 Å². The fourth-order valence-corrected chi connectivity index (χ4v) is 5.75. The largest absolute Gasteiger partial charge is 0.274 e. The maximum atomic E-state index is 13.5. The highest BCUT2D eigenvalue weighted by molar-refractivity contribution is 7.87. The van der Waals surface area contributed by atoms with Gasteiger partial charge in [-0.3, -0.25) is 0 Å². The number of nitrogens with one attached hydrogen (secondary N) is 2. The highest BCUT2D eigenvalue weighted by atomic mass is 32.2. The van der Waals surface area contributed by atoms with Gasteiger partial charge in [0.05, 0.1) is 0 Å². The maximum Gasteiger partial charge on any atom is 0.274 e. The van der Waals surface area contributed by atoms with Crippen molar-refractivity contribution in [2.45, 2.75) is 51.6 Å². The van der Waals surface area contributed by atoms with E-state index in [0.29, 0.717) is 36.8 Å². The Morgan fingerprint density at radius 2 is 1.09 bits per heavy atom. The van der Waals surface area contributed by atoms with E-state index >= 15 is 0 Å². The molecule has 32 heavy (non-hydrogen) atoms. The molecule has 0 aromatic heterocycles. The van der Waals surface area contributed by atoms with E-state index in [1.165, 1.54) is 12.1 Å². The zero-order valence-corrected chi connectivity index (χ0v) is 19.3. The van der Waals surface area contributed by atoms with Crippen molar-refractivity contribution in [3.63, 3.8) is 0 Å². The third-order valence-corrected chi connectivity index (χ3v) is 6.94. The molecule has 0 fully saturated rings. The lowest BCUT2D eigenvalue weighted by Gasteiger charge is -2.14. The van der Waals surface area contributed by atoms with Crippen LogP contribution in [0.3, 0.4) is 0 Å². The monoisotopic (exact) mass is 488 g/mol. The molecule has 0 unspecified atom stereocenters. The van der Waals surface area contributed by atoms with E-state index in [1.807, 2.05) is 13.8 Å². The molecule has 0 heterocycles. The van der Waals surface area contributed by atoms with Gasteiger partial charge < -0.3 is 0 Å². The van der Waals surface area contributed by atoms with Crippen molar-refractivity contribution in [3.05, 3.63) is 69.3 Å². The summed E-state index contributed by atoms with van der Waals surface area (Å²) in [5.41, 5.74) is 4.43. The first-order valence-corrected chi connectivity index (χ1v) is 13.0. The van der Waals surface area contributed by atoms with E-state index in [4.69, 9.17) is 10.3 Å². The summed E-state index contributed by atoms with van der Waals surface area (Å²) < 4.78 is 75.5. The number of hydrogen-bond acceptors (Lipinski definition) is 4. The van der Waals surface area contributed by atoms with Crippen molar-refractivity contribution in [1.82, 2.24) is 9.44 Å². The molecule has 0 aliphatic heterocycles. The van der Waals surface area contributed by atoms with Crippen LogP contribution in [-0.4, -0.2) is 16.8 Å². The Balaban J connectivity index is 0.000000181. The van der Waals surface area contributed by atoms with Crippen molar-refractivity contribution >= 4 is 20.4 Å². The summed E-state index contributed by atoms with van der Waals surface area (Å²) in [7, 11) is -7.50. The average molecular weight is 489 g/mol. The van der Waals surface area contributed by atoms with E-state index in [0.717, 1.165) is 22.3 Å². The molecular formula is C20H26F2N4O4S2. The molecule has 6 N–H and O–H groups in total. The van der Waals surface area contributed by atoms with E-state index in [9.17, 15) is 25.6 Å². The van der Waals surface area contributed by atoms with Gasteiger partial charge in [-0.2, -0.15) is 26.3 Å². The van der Waals surface area contributed by atoms with E-state index in [-0.39, 0.29) is 11.6 Å². The fraction of sp³-hybridized carbons (Fsp3) is 0.400. The molecule has 2 aromatic carbocycles. The van der Waals surface area contributed by atoms with Gasteiger partial charge in [-0.15, -0.1) is 0 Å². The van der Waals surface area contributed by atoms with E-state index in [1.54, 1.807) is 12.1 Å². The maximum absolute atomic E-state index is 13.5. The van der Waals surface area contributed by atoms with Crippen molar-refractivity contribution < 1.29 is 25.6 Å². The summed E-state index contributed by atoms with van der Waals surface area (Å²) in [5, 5.41) is 9.86. The number of halogens is 2. The molecule has 2 aliphatic carbocycles. The molecule has 0 radical (unpaired) electrons. The Morgan fingerprint density at radius 3 is 1.41 bits per heavy atom. The summed E-state index contributed by atoms with van der Waals surface area (Å²) in [5.74, 6) is -0.557. The molecule has 2 atom stereocenters. The van der Waals surface area contributed by atoms with E-state index in [2.05, 4.69) is 9.44 Å². The Labute approximate surface area is 186 Å². The van der Waals surface area contributed by atoms with Gasteiger partial charge in [-0.25, -0.2) is 19.1 Å². The normalized spacial score (nSPS) is 19.8. The Morgan fingerprint density at radius 1 is 0.750 bits per heavy atom. The third-order valence-electron chi connectivity index (χ3n) is 5.71. The zero-order chi connectivity index (χ0) is 23.8. The zero-order valence-electron chi connectivity index (χ0n) is 17.7. The SMILES string of the molecule is Cc1ccc(F)c2c1[C@@H](NS(N)(=O)=O)CC2.Cc1ccc(F)c2c1[C@H](NS(N)(=O)=O)CC2. The smallest absolute Gasteiger partial charge is 0.216 e. The lowest BCUT2D eigenvalue weighted by atomic mass is 10.0. The van der Waals surface area contributed by atoms with Crippen LogP contribution in [-0.2, 0) is 33.3 Å². The van der Waals surface area contributed by atoms with Crippen molar-refractivity contribution in [1.29, 1.82) is 0 Å². The number of aryl methyl sites for hydroxylation is 2. The minimum atomic E-state index is -3.75. The van der Waals surface area contributed by atoms with Gasteiger partial charge in [0.15, 0.2) is 0 Å². The number of rotatable bonds is 4. The Kier molecular flexibility index (Phi) is 7.03. The minimum Gasteiger partial charge on any atom is -0.216 e. The van der Waals surface area contributed by atoms with Crippen LogP contribution >= 0.6 is 0 Å². The van der Waals surface area contributed by atoms with Crippen LogP contribution in [0.15, 0.2) is 24.3 Å². The van der Waals surface area contributed by atoms with Crippen LogP contribution in [0.4, 0.5) is 8.78 Å². The van der Waals surface area contributed by atoms with Gasteiger partial charge in [-0.05, 0) is 85.0 Å². The summed E-state index contributed by atoms with van der Waals surface area (Å²) in [6.07, 6.45) is 2.17. The topological polar surface area (TPSA) is 144 Å². The highest BCUT2D eigenvalue weighted by Gasteiger charge is 2.30. The first-order valence-electron chi connectivity index (χ1n) is 9.92. The molecule has 0 saturated heterocycles. The summed E-state index contributed by atoms with van der Waals surface area (Å²) >= 11 is 0. The van der Waals surface area contributed by atoms with Crippen molar-refractivity contribution in [2.75, 3.05) is 0 Å². The second-order valence-corrected chi connectivity index (χ2v) is 10.7. The second-order valence-electron chi connectivity index (χ2n) is 8.02. The van der Waals surface area contributed by atoms with Gasteiger partial charge in [0.1, 0.15) is 11.6 Å². The third kappa shape index (κ3) is 5.69. The van der Waals surface area contributed by atoms with Crippen molar-refractivity contribution in [3.8, 4) is 0 Å². The standard InChI is InChI=1S/2C10H13FN2O2S/c2*1-6-2-4-8(11)7-3-5-9(10(6)7)13-16(12,14)15/h2*2,4,9,13H,3,5H2,1H3,(H2,12,14,15)/t2*9-/m10/s1. The Hall–Kier alpha value is -1.96. The van der Waals surface area contributed by atoms with Gasteiger partial charge >= 0.3 is 0 Å². The number of fused-ring (bicyclic) bond motifs is 2. The summed E-state index contributed by atoms with van der Waals surface area (Å²) in [4.78, 5) is 0. The molecule has 4 rings (SSSR count). The number of hydrogen-bond donors (Lipinski definition) is 4.